The van der Waals surface area contributed by atoms with Gasteiger partial charge in [0.25, 0.3) is 0 Å². The number of likely N-dealkylation sites (N-methyl/N-ethyl adjacent to an activating group) is 2. The molecule has 0 aliphatic carbocycles. The molecule has 0 radical (unpaired) electrons. The molecule has 1 amide bonds. The number of aliphatic hydroxyl groups is 1. The maximum atomic E-state index is 12.6. The minimum atomic E-state index is -0.350. The van der Waals surface area contributed by atoms with Crippen LogP contribution < -0.4 is 15.4 Å². The minimum absolute atomic E-state index is 0.110. The van der Waals surface area contributed by atoms with Crippen molar-refractivity contribution in [3.63, 3.8) is 0 Å². The quantitative estimate of drug-likeness (QED) is 0.342. The Kier molecular flexibility index (Phi) is 9.54. The lowest BCUT2D eigenvalue weighted by Gasteiger charge is -2.19. The highest BCUT2D eigenvalue weighted by atomic mass is 16.5. The summed E-state index contributed by atoms with van der Waals surface area (Å²) in [6.07, 6.45) is 4.77. The molecule has 9 heteroatoms. The van der Waals surface area contributed by atoms with E-state index in [0.717, 1.165) is 12.1 Å². The molecule has 0 saturated heterocycles. The van der Waals surface area contributed by atoms with Crippen molar-refractivity contribution in [1.82, 2.24) is 19.8 Å². The number of benzene rings is 2. The van der Waals surface area contributed by atoms with Crippen molar-refractivity contribution >= 4 is 28.3 Å². The molecule has 0 saturated carbocycles. The summed E-state index contributed by atoms with van der Waals surface area (Å²) in [7, 11) is 7.81. The van der Waals surface area contributed by atoms with Crippen molar-refractivity contribution in [3.05, 3.63) is 66.5 Å². The van der Waals surface area contributed by atoms with Crippen LogP contribution in [0.1, 0.15) is 11.6 Å². The van der Waals surface area contributed by atoms with E-state index in [0.29, 0.717) is 41.3 Å². The van der Waals surface area contributed by atoms with Crippen LogP contribution in [0, 0.1) is 0 Å². The molecule has 3 N–H and O–H groups in total. The lowest BCUT2D eigenvalue weighted by atomic mass is 10.1. The highest BCUT2D eigenvalue weighted by Crippen LogP contribution is 2.33. The lowest BCUT2D eigenvalue weighted by Crippen LogP contribution is -2.20. The summed E-state index contributed by atoms with van der Waals surface area (Å²) in [4.78, 5) is 25.4. The zero-order valence-electron chi connectivity index (χ0n) is 20.7. The lowest BCUT2D eigenvalue weighted by molar-refractivity contribution is -0.111. The van der Waals surface area contributed by atoms with Gasteiger partial charge in [-0.25, -0.2) is 9.97 Å². The molecule has 1 aromatic heterocycles. The number of aliphatic hydroxyl groups excluding tert-OH is 1. The Bertz CT molecular complexity index is 1130. The van der Waals surface area contributed by atoms with Gasteiger partial charge in [0.05, 0.1) is 23.9 Å². The van der Waals surface area contributed by atoms with E-state index in [2.05, 4.69) is 20.6 Å². The van der Waals surface area contributed by atoms with Crippen molar-refractivity contribution in [2.75, 3.05) is 65.1 Å². The van der Waals surface area contributed by atoms with E-state index in [-0.39, 0.29) is 18.6 Å². The van der Waals surface area contributed by atoms with E-state index in [4.69, 9.17) is 4.74 Å². The number of amides is 1. The number of anilines is 2. The van der Waals surface area contributed by atoms with Crippen LogP contribution in [0.15, 0.2) is 60.9 Å². The zero-order valence-corrected chi connectivity index (χ0v) is 20.7. The Morgan fingerprint density at radius 3 is 2.57 bits per heavy atom. The first-order chi connectivity index (χ1) is 16.9. The first-order valence-corrected chi connectivity index (χ1v) is 11.5. The van der Waals surface area contributed by atoms with Crippen LogP contribution >= 0.6 is 0 Å². The van der Waals surface area contributed by atoms with Gasteiger partial charge in [-0.2, -0.15) is 0 Å². The second-order valence-electron chi connectivity index (χ2n) is 8.68. The normalized spacial score (nSPS) is 12.4. The molecule has 0 aliphatic rings. The van der Waals surface area contributed by atoms with Gasteiger partial charge in [0.15, 0.2) is 0 Å². The molecule has 3 rings (SSSR count). The second kappa shape index (κ2) is 12.8. The third kappa shape index (κ3) is 7.74. The third-order valence-corrected chi connectivity index (χ3v) is 5.23. The summed E-state index contributed by atoms with van der Waals surface area (Å²) >= 11 is 0. The largest absolute Gasteiger partial charge is 0.490 e. The summed E-state index contributed by atoms with van der Waals surface area (Å²) in [6, 6.07) is 12.9. The number of fused-ring (bicyclic) bond motifs is 1. The van der Waals surface area contributed by atoms with Gasteiger partial charge in [0, 0.05) is 30.6 Å². The monoisotopic (exact) mass is 478 g/mol. The van der Waals surface area contributed by atoms with E-state index >= 15 is 0 Å². The number of rotatable bonds is 12. The molecule has 0 unspecified atom stereocenters. The van der Waals surface area contributed by atoms with Gasteiger partial charge in [-0.3, -0.25) is 4.79 Å². The van der Waals surface area contributed by atoms with Gasteiger partial charge in [0.2, 0.25) is 5.91 Å². The standard InChI is InChI=1S/C26H34N6O3/c1-31(2)12-8-11-25(34)29-22-15-20-21(16-24(22)35-14-13-32(3)4)27-18-28-26(20)30-23(17-33)19-9-6-5-7-10-19/h5-11,15-16,18,23,33H,12-14,17H2,1-4H3,(H,29,34)(H,27,28,30)/t23-/m1/s1. The molecule has 1 heterocycles. The SMILES string of the molecule is CN(C)CC=CC(=O)Nc1cc2c(N[C@H](CO)c3ccccc3)ncnc2cc1OCCN(C)C. The van der Waals surface area contributed by atoms with Crippen molar-refractivity contribution in [3.8, 4) is 5.75 Å². The molecule has 35 heavy (non-hydrogen) atoms. The van der Waals surface area contributed by atoms with Crippen molar-refractivity contribution in [2.45, 2.75) is 6.04 Å². The van der Waals surface area contributed by atoms with Gasteiger partial charge in [-0.05, 0) is 39.8 Å². The highest BCUT2D eigenvalue weighted by Gasteiger charge is 2.16. The molecule has 0 spiro atoms. The van der Waals surface area contributed by atoms with E-state index in [9.17, 15) is 9.90 Å². The molecule has 3 aromatic rings. The van der Waals surface area contributed by atoms with E-state index in [1.165, 1.54) is 12.4 Å². The molecule has 0 bridgehead atoms. The van der Waals surface area contributed by atoms with Gasteiger partial charge in [-0.15, -0.1) is 0 Å². The predicted molar refractivity (Wildman–Crippen MR) is 140 cm³/mol. The summed E-state index contributed by atoms with van der Waals surface area (Å²) < 4.78 is 6.00. The first kappa shape index (κ1) is 26.1. The fourth-order valence-electron chi connectivity index (χ4n) is 3.38. The van der Waals surface area contributed by atoms with Gasteiger partial charge < -0.3 is 30.3 Å². The number of nitrogens with zero attached hydrogens (tertiary/aromatic N) is 4. The average Bonchev–Trinajstić information content (AvgIpc) is 2.83. The Balaban J connectivity index is 1.94. The fourth-order valence-corrected chi connectivity index (χ4v) is 3.38. The molecule has 0 aliphatic heterocycles. The van der Waals surface area contributed by atoms with Gasteiger partial charge in [-0.1, -0.05) is 36.4 Å². The van der Waals surface area contributed by atoms with Gasteiger partial charge >= 0.3 is 0 Å². The summed E-state index contributed by atoms with van der Waals surface area (Å²) in [5.41, 5.74) is 2.12. The van der Waals surface area contributed by atoms with Gasteiger partial charge in [0.1, 0.15) is 24.5 Å². The summed E-state index contributed by atoms with van der Waals surface area (Å²) in [6.45, 7) is 1.72. The van der Waals surface area contributed by atoms with Crippen LogP contribution in [0.4, 0.5) is 11.5 Å². The molecule has 2 aromatic carbocycles. The fraction of sp³-hybridized carbons (Fsp3) is 0.346. The van der Waals surface area contributed by atoms with Crippen LogP contribution in [0.5, 0.6) is 5.75 Å². The molecular formula is C26H34N6O3. The third-order valence-electron chi connectivity index (χ3n) is 5.23. The number of hydrogen-bond donors (Lipinski definition) is 3. The van der Waals surface area contributed by atoms with Crippen LogP contribution in [-0.2, 0) is 4.79 Å². The molecule has 1 atom stereocenters. The molecule has 186 valence electrons. The summed E-state index contributed by atoms with van der Waals surface area (Å²) in [5, 5.41) is 16.9. The predicted octanol–water partition coefficient (Wildman–Crippen LogP) is 2.77. The van der Waals surface area contributed by atoms with Crippen molar-refractivity contribution < 1.29 is 14.6 Å². The van der Waals surface area contributed by atoms with E-state index < -0.39 is 0 Å². The average molecular weight is 479 g/mol. The van der Waals surface area contributed by atoms with E-state index in [1.807, 2.05) is 68.3 Å². The summed E-state index contributed by atoms with van der Waals surface area (Å²) in [5.74, 6) is 0.823. The second-order valence-corrected chi connectivity index (χ2v) is 8.68. The number of hydrogen-bond acceptors (Lipinski definition) is 8. The number of carbonyl (C=O) groups excluding carboxylic acids is 1. The number of carbonyl (C=O) groups is 1. The number of aromatic nitrogens is 2. The first-order valence-electron chi connectivity index (χ1n) is 11.5. The highest BCUT2D eigenvalue weighted by molar-refractivity contribution is 6.03. The Morgan fingerprint density at radius 1 is 1.11 bits per heavy atom. The van der Waals surface area contributed by atoms with Crippen LogP contribution in [0.3, 0.4) is 0 Å². The number of ether oxygens (including phenoxy) is 1. The van der Waals surface area contributed by atoms with Crippen molar-refractivity contribution in [2.24, 2.45) is 0 Å². The molecular weight excluding hydrogens is 444 g/mol. The van der Waals surface area contributed by atoms with Crippen LogP contribution in [-0.4, -0.2) is 85.3 Å². The number of nitrogens with one attached hydrogen (secondary N) is 2. The minimum Gasteiger partial charge on any atom is -0.490 e. The zero-order chi connectivity index (χ0) is 25.2. The van der Waals surface area contributed by atoms with Crippen molar-refractivity contribution in [1.29, 1.82) is 0 Å². The Hall–Kier alpha value is -3.53. The topological polar surface area (TPSA) is 103 Å². The Morgan fingerprint density at radius 2 is 1.89 bits per heavy atom. The Labute approximate surface area is 206 Å². The van der Waals surface area contributed by atoms with Crippen LogP contribution in [0.25, 0.3) is 10.9 Å². The van der Waals surface area contributed by atoms with E-state index in [1.54, 1.807) is 18.2 Å². The molecule has 0 fully saturated rings. The molecule has 9 nitrogen and oxygen atoms in total. The maximum absolute atomic E-state index is 12.6. The van der Waals surface area contributed by atoms with Crippen LogP contribution in [0.2, 0.25) is 0 Å². The maximum Gasteiger partial charge on any atom is 0.248 e. The smallest absolute Gasteiger partial charge is 0.248 e.